The van der Waals surface area contributed by atoms with Gasteiger partial charge in [0.15, 0.2) is 0 Å². The first-order chi connectivity index (χ1) is 6.35. The number of rotatable bonds is 2. The van der Waals surface area contributed by atoms with E-state index in [1.54, 1.807) is 13.8 Å². The lowest BCUT2D eigenvalue weighted by Gasteiger charge is -2.22. The van der Waals surface area contributed by atoms with Crippen LogP contribution >= 0.6 is 15.9 Å². The summed E-state index contributed by atoms with van der Waals surface area (Å²) in [7, 11) is 0. The third kappa shape index (κ3) is 1.98. The van der Waals surface area contributed by atoms with Crippen molar-refractivity contribution in [3.8, 4) is 0 Å². The highest BCUT2D eigenvalue weighted by molar-refractivity contribution is 9.10. The Labute approximate surface area is 92.1 Å². The van der Waals surface area contributed by atoms with Gasteiger partial charge in [-0.25, -0.2) is 0 Å². The van der Waals surface area contributed by atoms with Gasteiger partial charge in [0.2, 0.25) is 0 Å². The van der Waals surface area contributed by atoms with E-state index in [-0.39, 0.29) is 0 Å². The second-order valence-electron chi connectivity index (χ2n) is 3.89. The van der Waals surface area contributed by atoms with Crippen LogP contribution in [-0.2, 0) is 10.2 Å². The molecule has 1 aromatic carbocycles. The largest absolute Gasteiger partial charge is 0.481 e. The second kappa shape index (κ2) is 3.73. The summed E-state index contributed by atoms with van der Waals surface area (Å²) < 4.78 is 0.910. The predicted octanol–water partition coefficient (Wildman–Crippen LogP) is 3.12. The summed E-state index contributed by atoms with van der Waals surface area (Å²) in [4.78, 5) is 11.1. The SMILES string of the molecule is Cc1ccc(Br)cc1C(C)(C)C(=O)O. The summed E-state index contributed by atoms with van der Waals surface area (Å²) in [5, 5.41) is 9.09. The zero-order chi connectivity index (χ0) is 10.9. The molecule has 0 fully saturated rings. The molecule has 0 atom stereocenters. The van der Waals surface area contributed by atoms with Gasteiger partial charge in [-0.1, -0.05) is 22.0 Å². The summed E-state index contributed by atoms with van der Waals surface area (Å²) >= 11 is 3.34. The average molecular weight is 257 g/mol. The Kier molecular flexibility index (Phi) is 3.00. The van der Waals surface area contributed by atoms with Crippen molar-refractivity contribution in [1.82, 2.24) is 0 Å². The Morgan fingerprint density at radius 2 is 2.00 bits per heavy atom. The van der Waals surface area contributed by atoms with Crippen molar-refractivity contribution < 1.29 is 9.90 Å². The highest BCUT2D eigenvalue weighted by Gasteiger charge is 2.30. The minimum atomic E-state index is -0.839. The van der Waals surface area contributed by atoms with Crippen LogP contribution in [0.3, 0.4) is 0 Å². The molecule has 0 saturated heterocycles. The van der Waals surface area contributed by atoms with Gasteiger partial charge in [-0.2, -0.15) is 0 Å². The fourth-order valence-electron chi connectivity index (χ4n) is 1.38. The lowest BCUT2D eigenvalue weighted by molar-refractivity contribution is -0.142. The van der Waals surface area contributed by atoms with Gasteiger partial charge >= 0.3 is 5.97 Å². The van der Waals surface area contributed by atoms with Crippen LogP contribution in [-0.4, -0.2) is 11.1 Å². The number of hydrogen-bond acceptors (Lipinski definition) is 1. The third-order valence-corrected chi connectivity index (χ3v) is 2.90. The van der Waals surface area contributed by atoms with E-state index in [2.05, 4.69) is 15.9 Å². The van der Waals surface area contributed by atoms with Gasteiger partial charge in [-0.3, -0.25) is 4.79 Å². The molecule has 0 radical (unpaired) electrons. The smallest absolute Gasteiger partial charge is 0.313 e. The van der Waals surface area contributed by atoms with Gasteiger partial charge in [0.25, 0.3) is 0 Å². The Balaban J connectivity index is 3.31. The number of aryl methyl sites for hydroxylation is 1. The summed E-state index contributed by atoms with van der Waals surface area (Å²) in [5.41, 5.74) is 1.01. The first kappa shape index (κ1) is 11.2. The molecule has 0 heterocycles. The molecule has 0 aliphatic heterocycles. The average Bonchev–Trinajstić information content (AvgIpc) is 2.08. The summed E-state index contributed by atoms with van der Waals surface area (Å²) in [6.45, 7) is 5.35. The number of benzene rings is 1. The molecule has 3 heteroatoms. The van der Waals surface area contributed by atoms with Crippen LogP contribution in [0.2, 0.25) is 0 Å². The van der Waals surface area contributed by atoms with Gasteiger partial charge < -0.3 is 5.11 Å². The highest BCUT2D eigenvalue weighted by Crippen LogP contribution is 2.28. The Bertz CT molecular complexity index is 370. The molecule has 0 aliphatic carbocycles. The number of carbonyl (C=O) groups is 1. The zero-order valence-electron chi connectivity index (χ0n) is 8.47. The molecule has 0 bridgehead atoms. The van der Waals surface area contributed by atoms with E-state index in [9.17, 15) is 4.79 Å². The maximum atomic E-state index is 11.1. The van der Waals surface area contributed by atoms with Gasteiger partial charge in [-0.05, 0) is 44.0 Å². The normalized spacial score (nSPS) is 11.4. The lowest BCUT2D eigenvalue weighted by atomic mass is 9.82. The van der Waals surface area contributed by atoms with Gasteiger partial charge in [0.1, 0.15) is 0 Å². The van der Waals surface area contributed by atoms with Crippen LogP contribution in [0.4, 0.5) is 0 Å². The molecule has 0 saturated carbocycles. The molecule has 1 N–H and O–H groups in total. The van der Waals surface area contributed by atoms with Crippen molar-refractivity contribution in [2.24, 2.45) is 0 Å². The Morgan fingerprint density at radius 1 is 1.43 bits per heavy atom. The van der Waals surface area contributed by atoms with Crippen molar-refractivity contribution in [3.63, 3.8) is 0 Å². The van der Waals surface area contributed by atoms with E-state index in [0.29, 0.717) is 0 Å². The Hall–Kier alpha value is -0.830. The number of hydrogen-bond donors (Lipinski definition) is 1. The van der Waals surface area contributed by atoms with E-state index in [0.717, 1.165) is 15.6 Å². The molecule has 1 rings (SSSR count). The van der Waals surface area contributed by atoms with E-state index in [4.69, 9.17) is 5.11 Å². The number of carboxylic acids is 1. The first-order valence-corrected chi connectivity index (χ1v) is 5.15. The van der Waals surface area contributed by atoms with E-state index >= 15 is 0 Å². The zero-order valence-corrected chi connectivity index (χ0v) is 10.1. The monoisotopic (exact) mass is 256 g/mol. The number of halogens is 1. The molecule has 0 amide bonds. The topological polar surface area (TPSA) is 37.3 Å². The molecule has 0 aromatic heterocycles. The lowest BCUT2D eigenvalue weighted by Crippen LogP contribution is -2.29. The summed E-state index contributed by atoms with van der Waals surface area (Å²) in [5.74, 6) is -0.807. The van der Waals surface area contributed by atoms with Crippen molar-refractivity contribution in [1.29, 1.82) is 0 Å². The number of carboxylic acid groups (broad SMARTS) is 1. The highest BCUT2D eigenvalue weighted by atomic mass is 79.9. The maximum Gasteiger partial charge on any atom is 0.313 e. The first-order valence-electron chi connectivity index (χ1n) is 4.35. The van der Waals surface area contributed by atoms with Crippen molar-refractivity contribution in [3.05, 3.63) is 33.8 Å². The third-order valence-electron chi connectivity index (χ3n) is 2.41. The van der Waals surface area contributed by atoms with Gasteiger partial charge in [0, 0.05) is 4.47 Å². The Morgan fingerprint density at radius 3 is 2.50 bits per heavy atom. The molecule has 76 valence electrons. The van der Waals surface area contributed by atoms with Gasteiger partial charge in [0.05, 0.1) is 5.41 Å². The van der Waals surface area contributed by atoms with Crippen LogP contribution in [0.5, 0.6) is 0 Å². The van der Waals surface area contributed by atoms with Crippen LogP contribution in [0.15, 0.2) is 22.7 Å². The van der Waals surface area contributed by atoms with Crippen LogP contribution in [0, 0.1) is 6.92 Å². The van der Waals surface area contributed by atoms with Crippen LogP contribution in [0.1, 0.15) is 25.0 Å². The number of aliphatic carboxylic acids is 1. The predicted molar refractivity (Wildman–Crippen MR) is 59.5 cm³/mol. The molecule has 14 heavy (non-hydrogen) atoms. The van der Waals surface area contributed by atoms with Crippen molar-refractivity contribution in [2.75, 3.05) is 0 Å². The standard InChI is InChI=1S/C11H13BrO2/c1-7-4-5-8(12)6-9(7)11(2,3)10(13)14/h4-6H,1-3H3,(H,13,14). The van der Waals surface area contributed by atoms with Crippen LogP contribution < -0.4 is 0 Å². The van der Waals surface area contributed by atoms with Gasteiger partial charge in [-0.15, -0.1) is 0 Å². The molecular weight excluding hydrogens is 244 g/mol. The van der Waals surface area contributed by atoms with E-state index in [1.165, 1.54) is 0 Å². The minimum absolute atomic E-state index is 0.807. The van der Waals surface area contributed by atoms with Crippen LogP contribution in [0.25, 0.3) is 0 Å². The van der Waals surface area contributed by atoms with Crippen molar-refractivity contribution in [2.45, 2.75) is 26.2 Å². The molecular formula is C11H13BrO2. The fraction of sp³-hybridized carbons (Fsp3) is 0.364. The molecule has 0 spiro atoms. The van der Waals surface area contributed by atoms with E-state index in [1.807, 2.05) is 25.1 Å². The molecule has 0 unspecified atom stereocenters. The summed E-state index contributed by atoms with van der Waals surface area (Å²) in [6, 6.07) is 5.70. The fourth-order valence-corrected chi connectivity index (χ4v) is 1.74. The maximum absolute atomic E-state index is 11.1. The second-order valence-corrected chi connectivity index (χ2v) is 4.81. The van der Waals surface area contributed by atoms with E-state index < -0.39 is 11.4 Å². The molecule has 2 nitrogen and oxygen atoms in total. The summed E-state index contributed by atoms with van der Waals surface area (Å²) in [6.07, 6.45) is 0. The minimum Gasteiger partial charge on any atom is -0.481 e. The molecule has 1 aromatic rings. The molecule has 0 aliphatic rings. The quantitative estimate of drug-likeness (QED) is 0.883. The van der Waals surface area contributed by atoms with Crippen molar-refractivity contribution >= 4 is 21.9 Å².